The highest BCUT2D eigenvalue weighted by molar-refractivity contribution is 7.10. The van der Waals surface area contributed by atoms with E-state index >= 15 is 0 Å². The number of phenolic OH excluding ortho intramolecular Hbond substituents is 1. The molecule has 1 aliphatic carbocycles. The van der Waals surface area contributed by atoms with Crippen LogP contribution >= 0.6 is 11.3 Å². The zero-order chi connectivity index (χ0) is 23.5. The second-order valence-electron chi connectivity index (χ2n) is 8.68. The number of nitrogens with one attached hydrogen (secondary N) is 1. The average molecular weight is 468 g/mol. The largest absolute Gasteiger partial charge is 0.508 e. The minimum absolute atomic E-state index is 0.0106. The van der Waals surface area contributed by atoms with Gasteiger partial charge in [-0.1, -0.05) is 18.2 Å². The number of carbonyl (C=O) groups excluding carboxylic acids is 2. The van der Waals surface area contributed by atoms with Crippen molar-refractivity contribution in [2.24, 2.45) is 0 Å². The van der Waals surface area contributed by atoms with Gasteiger partial charge in [-0.05, 0) is 56.3 Å². The third-order valence-electron chi connectivity index (χ3n) is 5.96. The predicted octanol–water partition coefficient (Wildman–Crippen LogP) is 4.78. The summed E-state index contributed by atoms with van der Waals surface area (Å²) < 4.78 is 11.0. The molecule has 6 nitrogen and oxygen atoms in total. The highest BCUT2D eigenvalue weighted by Crippen LogP contribution is 2.46. The van der Waals surface area contributed by atoms with Crippen LogP contribution in [0.25, 0.3) is 0 Å². The van der Waals surface area contributed by atoms with Crippen molar-refractivity contribution in [2.45, 2.75) is 51.6 Å². The number of esters is 1. The summed E-state index contributed by atoms with van der Waals surface area (Å²) >= 11 is 1.66. The van der Waals surface area contributed by atoms with Crippen LogP contribution in [-0.4, -0.2) is 36.2 Å². The number of rotatable bonds is 7. The van der Waals surface area contributed by atoms with E-state index in [9.17, 15) is 14.7 Å². The molecule has 2 aliphatic rings. The van der Waals surface area contributed by atoms with Crippen molar-refractivity contribution >= 4 is 23.1 Å². The summed E-state index contributed by atoms with van der Waals surface area (Å²) in [7, 11) is 0. The van der Waals surface area contributed by atoms with Crippen LogP contribution in [-0.2, 0) is 19.1 Å². The van der Waals surface area contributed by atoms with E-state index in [-0.39, 0.29) is 30.2 Å². The highest BCUT2D eigenvalue weighted by Gasteiger charge is 2.41. The number of hydrogen-bond acceptors (Lipinski definition) is 7. The maximum absolute atomic E-state index is 13.5. The van der Waals surface area contributed by atoms with Crippen LogP contribution in [0.3, 0.4) is 0 Å². The average Bonchev–Trinajstić information content (AvgIpc) is 3.30. The van der Waals surface area contributed by atoms with Gasteiger partial charge in [0.15, 0.2) is 5.78 Å². The Morgan fingerprint density at radius 3 is 2.73 bits per heavy atom. The first kappa shape index (κ1) is 23.3. The van der Waals surface area contributed by atoms with Crippen LogP contribution < -0.4 is 5.32 Å². The lowest BCUT2D eigenvalue weighted by atomic mass is 9.72. The number of hydrogen-bond donors (Lipinski definition) is 2. The zero-order valence-corrected chi connectivity index (χ0v) is 19.9. The lowest BCUT2D eigenvalue weighted by molar-refractivity contribution is -0.141. The number of thiophene rings is 1. The molecule has 0 spiro atoms. The van der Waals surface area contributed by atoms with Gasteiger partial charge in [0.2, 0.25) is 0 Å². The molecule has 0 amide bonds. The van der Waals surface area contributed by atoms with Gasteiger partial charge in [0.25, 0.3) is 0 Å². The summed E-state index contributed by atoms with van der Waals surface area (Å²) in [5.74, 6) is -0.868. The van der Waals surface area contributed by atoms with Crippen molar-refractivity contribution in [3.05, 3.63) is 74.8 Å². The van der Waals surface area contributed by atoms with Crippen LogP contribution in [0.1, 0.15) is 55.9 Å². The summed E-state index contributed by atoms with van der Waals surface area (Å²) in [5.41, 5.74) is 3.18. The number of dihydropyridines is 1. The molecule has 0 bridgehead atoms. The molecule has 2 aromatic rings. The second kappa shape index (κ2) is 9.93. The van der Waals surface area contributed by atoms with Gasteiger partial charge < -0.3 is 19.9 Å². The number of ether oxygens (including phenoxy) is 2. The van der Waals surface area contributed by atoms with E-state index < -0.39 is 11.9 Å². The Labute approximate surface area is 197 Å². The van der Waals surface area contributed by atoms with Gasteiger partial charge in [-0.15, -0.1) is 11.3 Å². The molecular formula is C26H29NO5S. The van der Waals surface area contributed by atoms with E-state index in [2.05, 4.69) is 11.4 Å². The van der Waals surface area contributed by atoms with Gasteiger partial charge in [-0.2, -0.15) is 0 Å². The predicted molar refractivity (Wildman–Crippen MR) is 127 cm³/mol. The smallest absolute Gasteiger partial charge is 0.336 e. The number of aromatic hydroxyl groups is 1. The van der Waals surface area contributed by atoms with Crippen molar-refractivity contribution in [2.75, 3.05) is 13.2 Å². The fourth-order valence-corrected chi connectivity index (χ4v) is 5.40. The molecule has 2 atom stereocenters. The van der Waals surface area contributed by atoms with E-state index in [4.69, 9.17) is 9.47 Å². The second-order valence-corrected chi connectivity index (χ2v) is 9.66. The first-order chi connectivity index (χ1) is 15.8. The molecule has 2 N–H and O–H groups in total. The Bertz CT molecular complexity index is 1100. The van der Waals surface area contributed by atoms with E-state index in [1.54, 1.807) is 29.5 Å². The fourth-order valence-electron chi connectivity index (χ4n) is 4.57. The third kappa shape index (κ3) is 5.04. The molecule has 7 heteroatoms. The molecule has 0 saturated carbocycles. The molecule has 2 heterocycles. The van der Waals surface area contributed by atoms with Gasteiger partial charge in [-0.25, -0.2) is 4.79 Å². The maximum atomic E-state index is 13.5. The third-order valence-corrected chi connectivity index (χ3v) is 7.00. The van der Waals surface area contributed by atoms with Gasteiger partial charge in [0.05, 0.1) is 18.3 Å². The summed E-state index contributed by atoms with van der Waals surface area (Å²) in [6.45, 7) is 6.10. The fraction of sp³-hybridized carbons (Fsp3) is 0.385. The number of ketones is 1. The van der Waals surface area contributed by atoms with Crippen LogP contribution in [0, 0.1) is 0 Å². The molecule has 174 valence electrons. The van der Waals surface area contributed by atoms with Crippen LogP contribution in [0.2, 0.25) is 0 Å². The van der Waals surface area contributed by atoms with Crippen LogP contribution in [0.4, 0.5) is 0 Å². The topological polar surface area (TPSA) is 84.9 Å². The van der Waals surface area contributed by atoms with Crippen LogP contribution in [0.15, 0.2) is 64.3 Å². The van der Waals surface area contributed by atoms with E-state index in [0.717, 1.165) is 5.70 Å². The molecule has 33 heavy (non-hydrogen) atoms. The van der Waals surface area contributed by atoms with Crippen molar-refractivity contribution in [3.63, 3.8) is 0 Å². The number of Topliss-reactive ketones (excluding diaryl/α,β-unsaturated/α-hetero) is 1. The number of carbonyl (C=O) groups is 2. The Kier molecular flexibility index (Phi) is 7.00. The standard InChI is InChI=1S/C26H29NO5S/c1-15(2)31-9-10-32-26(30)23-16(3)27-20-13-18(22-8-5-11-33-22)14-21(29)25(20)24(23)17-6-4-7-19(28)12-17/h4-8,11-12,15,18,24,27-28H,9-10,13-14H2,1-3H3/t18-,24-/m1/s1. The summed E-state index contributed by atoms with van der Waals surface area (Å²) in [4.78, 5) is 27.8. The lowest BCUT2D eigenvalue weighted by Crippen LogP contribution is -2.36. The van der Waals surface area contributed by atoms with Crippen molar-refractivity contribution in [1.29, 1.82) is 0 Å². The highest BCUT2D eigenvalue weighted by atomic mass is 32.1. The van der Waals surface area contributed by atoms with Gasteiger partial charge >= 0.3 is 5.97 Å². The quantitative estimate of drug-likeness (QED) is 0.450. The van der Waals surface area contributed by atoms with Crippen molar-refractivity contribution in [1.82, 2.24) is 5.32 Å². The molecule has 0 saturated heterocycles. The van der Waals surface area contributed by atoms with E-state index in [0.29, 0.717) is 41.9 Å². The molecule has 1 aromatic carbocycles. The first-order valence-electron chi connectivity index (χ1n) is 11.2. The molecular weight excluding hydrogens is 438 g/mol. The normalized spacial score (nSPS) is 20.7. The molecule has 1 aromatic heterocycles. The Hall–Kier alpha value is -2.90. The molecule has 1 aliphatic heterocycles. The summed E-state index contributed by atoms with van der Waals surface area (Å²) in [5, 5.41) is 15.5. The molecule has 0 radical (unpaired) electrons. The van der Waals surface area contributed by atoms with Gasteiger partial charge in [-0.3, -0.25) is 4.79 Å². The number of allylic oxidation sites excluding steroid dienone is 3. The SMILES string of the molecule is CC1=C(C(=O)OCCOC(C)C)[C@@H](c2cccc(O)c2)C2=C(C[C@@H](c3cccs3)CC2=O)N1. The molecule has 0 unspecified atom stereocenters. The van der Waals surface area contributed by atoms with Crippen LogP contribution in [0.5, 0.6) is 5.75 Å². The van der Waals surface area contributed by atoms with Gasteiger partial charge in [0, 0.05) is 40.1 Å². The van der Waals surface area contributed by atoms with E-state index in [1.807, 2.05) is 38.3 Å². The first-order valence-corrected chi connectivity index (χ1v) is 12.1. The summed E-state index contributed by atoms with van der Waals surface area (Å²) in [6, 6.07) is 10.8. The van der Waals surface area contributed by atoms with Gasteiger partial charge in [0.1, 0.15) is 12.4 Å². The Morgan fingerprint density at radius 2 is 2.03 bits per heavy atom. The number of phenols is 1. The minimum atomic E-state index is -0.594. The Balaban J connectivity index is 1.68. The Morgan fingerprint density at radius 1 is 1.21 bits per heavy atom. The monoisotopic (exact) mass is 467 g/mol. The lowest BCUT2D eigenvalue weighted by Gasteiger charge is -2.36. The maximum Gasteiger partial charge on any atom is 0.336 e. The molecule has 4 rings (SSSR count). The molecule has 0 fully saturated rings. The zero-order valence-electron chi connectivity index (χ0n) is 19.1. The minimum Gasteiger partial charge on any atom is -0.508 e. The van der Waals surface area contributed by atoms with E-state index in [1.165, 1.54) is 4.88 Å². The number of benzene rings is 1. The summed E-state index contributed by atoms with van der Waals surface area (Å²) in [6.07, 6.45) is 1.13. The van der Waals surface area contributed by atoms with Crippen molar-refractivity contribution in [3.8, 4) is 5.75 Å². The van der Waals surface area contributed by atoms with Crippen molar-refractivity contribution < 1.29 is 24.2 Å².